The first-order chi connectivity index (χ1) is 13.9. The Labute approximate surface area is 169 Å². The number of nitrogen functional groups attached to an aromatic ring is 1. The fourth-order valence-corrected chi connectivity index (χ4v) is 4.18. The van der Waals surface area contributed by atoms with E-state index in [0.29, 0.717) is 6.42 Å². The van der Waals surface area contributed by atoms with Gasteiger partial charge in [0.05, 0.1) is 6.54 Å². The molecule has 2 fully saturated rings. The predicted octanol–water partition coefficient (Wildman–Crippen LogP) is 2.51. The third-order valence-corrected chi connectivity index (χ3v) is 5.89. The van der Waals surface area contributed by atoms with Crippen LogP contribution in [-0.2, 0) is 11.3 Å². The molecule has 1 saturated heterocycles. The normalized spacial score (nSPS) is 24.1. The number of carbonyl (C=O) groups excluding carboxylic acids is 2. The number of hydrogen-bond acceptors (Lipinski definition) is 7. The summed E-state index contributed by atoms with van der Waals surface area (Å²) in [7, 11) is 0. The van der Waals surface area contributed by atoms with Crippen LogP contribution in [0.25, 0.3) is 0 Å². The summed E-state index contributed by atoms with van der Waals surface area (Å²) >= 11 is 0. The van der Waals surface area contributed by atoms with Gasteiger partial charge in [0.2, 0.25) is 11.9 Å². The Kier molecular flexibility index (Phi) is 4.81. The summed E-state index contributed by atoms with van der Waals surface area (Å²) in [6, 6.07) is 7.30. The molecule has 1 aliphatic heterocycles. The molecule has 9 heteroatoms. The van der Waals surface area contributed by atoms with Gasteiger partial charge in [-0.15, -0.1) is 0 Å². The second-order valence-corrected chi connectivity index (χ2v) is 7.81. The van der Waals surface area contributed by atoms with Crippen LogP contribution in [0.15, 0.2) is 24.3 Å². The highest BCUT2D eigenvalue weighted by atomic mass is 16.2. The average Bonchev–Trinajstić information content (AvgIpc) is 2.91. The number of nitrogens with zero attached hydrogens (tertiary/aromatic N) is 4. The number of imide groups is 1. The van der Waals surface area contributed by atoms with Crippen molar-refractivity contribution in [3.05, 3.63) is 35.7 Å². The molecule has 152 valence electrons. The van der Waals surface area contributed by atoms with Crippen LogP contribution < -0.4 is 16.4 Å². The summed E-state index contributed by atoms with van der Waals surface area (Å²) in [5.41, 5.74) is 6.90. The molecule has 1 aromatic heterocycles. The summed E-state index contributed by atoms with van der Waals surface area (Å²) in [5.74, 6) is 0.451. The van der Waals surface area contributed by atoms with Crippen molar-refractivity contribution in [2.45, 2.75) is 51.6 Å². The van der Waals surface area contributed by atoms with Crippen molar-refractivity contribution in [3.8, 4) is 0 Å². The first kappa shape index (κ1) is 19.1. The smallest absolute Gasteiger partial charge is 0.325 e. The molecule has 1 aliphatic carbocycles. The lowest BCUT2D eigenvalue weighted by Gasteiger charge is -2.36. The molecule has 2 atom stereocenters. The number of hydrogen-bond donors (Lipinski definition) is 3. The molecule has 2 aliphatic rings. The summed E-state index contributed by atoms with van der Waals surface area (Å²) in [4.78, 5) is 39.5. The number of anilines is 3. The van der Waals surface area contributed by atoms with Crippen LogP contribution in [0.1, 0.15) is 44.0 Å². The topological polar surface area (TPSA) is 126 Å². The van der Waals surface area contributed by atoms with Gasteiger partial charge in [0.25, 0.3) is 5.91 Å². The highest BCUT2D eigenvalue weighted by Gasteiger charge is 2.54. The lowest BCUT2D eigenvalue weighted by molar-refractivity contribution is -0.134. The zero-order valence-electron chi connectivity index (χ0n) is 16.6. The van der Waals surface area contributed by atoms with Gasteiger partial charge in [-0.05, 0) is 37.3 Å². The molecule has 4 N–H and O–H groups in total. The molecule has 4 rings (SSSR count). The van der Waals surface area contributed by atoms with Crippen LogP contribution in [-0.4, -0.2) is 37.3 Å². The first-order valence-electron chi connectivity index (χ1n) is 9.86. The van der Waals surface area contributed by atoms with Crippen molar-refractivity contribution in [2.24, 2.45) is 5.92 Å². The van der Waals surface area contributed by atoms with Crippen LogP contribution in [0.5, 0.6) is 0 Å². The van der Waals surface area contributed by atoms with E-state index in [2.05, 4.69) is 25.6 Å². The lowest BCUT2D eigenvalue weighted by Crippen LogP contribution is -2.53. The van der Waals surface area contributed by atoms with Gasteiger partial charge < -0.3 is 16.4 Å². The van der Waals surface area contributed by atoms with Gasteiger partial charge in [-0.1, -0.05) is 38.0 Å². The third kappa shape index (κ3) is 3.48. The van der Waals surface area contributed by atoms with Crippen molar-refractivity contribution in [2.75, 3.05) is 11.1 Å². The summed E-state index contributed by atoms with van der Waals surface area (Å²) in [5, 5.41) is 6.05. The maximum Gasteiger partial charge on any atom is 0.325 e. The van der Waals surface area contributed by atoms with E-state index >= 15 is 0 Å². The van der Waals surface area contributed by atoms with E-state index < -0.39 is 11.6 Å². The molecule has 9 nitrogen and oxygen atoms in total. The van der Waals surface area contributed by atoms with E-state index in [9.17, 15) is 9.59 Å². The van der Waals surface area contributed by atoms with Crippen LogP contribution in [0.4, 0.5) is 22.4 Å². The molecule has 3 amide bonds. The highest BCUT2D eigenvalue weighted by molar-refractivity contribution is 6.07. The Balaban J connectivity index is 1.56. The quantitative estimate of drug-likeness (QED) is 0.679. The minimum Gasteiger partial charge on any atom is -0.368 e. The number of nitrogens with two attached hydrogens (primary N) is 1. The summed E-state index contributed by atoms with van der Waals surface area (Å²) < 4.78 is 0. The zero-order valence-corrected chi connectivity index (χ0v) is 16.6. The number of amides is 3. The molecule has 2 aromatic rings. The van der Waals surface area contributed by atoms with Crippen molar-refractivity contribution in [3.63, 3.8) is 0 Å². The van der Waals surface area contributed by atoms with E-state index in [1.807, 2.05) is 38.1 Å². The minimum absolute atomic E-state index is 0.0267. The Morgan fingerprint density at radius 1 is 1.24 bits per heavy atom. The third-order valence-electron chi connectivity index (χ3n) is 5.89. The van der Waals surface area contributed by atoms with Gasteiger partial charge in [-0.2, -0.15) is 15.0 Å². The molecule has 0 unspecified atom stereocenters. The molecular formula is C20H25N7O2. The predicted molar refractivity (Wildman–Crippen MR) is 108 cm³/mol. The number of carbonyl (C=O) groups is 2. The van der Waals surface area contributed by atoms with E-state index in [-0.39, 0.29) is 36.1 Å². The Hall–Kier alpha value is -3.23. The Bertz CT molecular complexity index is 964. The maximum atomic E-state index is 13.1. The zero-order chi connectivity index (χ0) is 20.6. The Morgan fingerprint density at radius 3 is 2.79 bits per heavy atom. The molecule has 0 radical (unpaired) electrons. The summed E-state index contributed by atoms with van der Waals surface area (Å²) in [6.07, 6.45) is 3.58. The number of nitrogens with one attached hydrogen (secondary N) is 2. The molecule has 29 heavy (non-hydrogen) atoms. The van der Waals surface area contributed by atoms with Crippen molar-refractivity contribution < 1.29 is 9.59 Å². The highest BCUT2D eigenvalue weighted by Crippen LogP contribution is 2.38. The molecule has 1 aromatic carbocycles. The van der Waals surface area contributed by atoms with Crippen LogP contribution in [0.3, 0.4) is 0 Å². The molecule has 1 saturated carbocycles. The molecular weight excluding hydrogens is 370 g/mol. The van der Waals surface area contributed by atoms with E-state index in [0.717, 1.165) is 30.5 Å². The monoisotopic (exact) mass is 395 g/mol. The average molecular weight is 395 g/mol. The van der Waals surface area contributed by atoms with Gasteiger partial charge in [-0.3, -0.25) is 9.69 Å². The standard InChI is InChI=1S/C20H25N7O2/c1-12-7-3-4-9-14(12)22-18-24-15(23-17(21)25-18)11-27-16(28)20(26-19(27)29)10-6-5-8-13(20)2/h3-4,7,9,13H,5-6,8,10-11H2,1-2H3,(H,26,29)(H3,21,22,23,24,25)/t13-,20-/m1/s1. The van der Waals surface area contributed by atoms with Crippen molar-refractivity contribution in [1.29, 1.82) is 0 Å². The van der Waals surface area contributed by atoms with E-state index in [1.165, 1.54) is 4.90 Å². The fourth-order valence-electron chi connectivity index (χ4n) is 4.18. The van der Waals surface area contributed by atoms with Gasteiger partial charge in [0.15, 0.2) is 5.82 Å². The number of aromatic nitrogens is 3. The molecule has 1 spiro atoms. The van der Waals surface area contributed by atoms with Crippen LogP contribution in [0, 0.1) is 12.8 Å². The number of benzene rings is 1. The first-order valence-corrected chi connectivity index (χ1v) is 9.86. The van der Waals surface area contributed by atoms with Gasteiger partial charge in [0.1, 0.15) is 5.54 Å². The molecule has 0 bridgehead atoms. The Morgan fingerprint density at radius 2 is 2.03 bits per heavy atom. The van der Waals surface area contributed by atoms with Gasteiger partial charge in [0, 0.05) is 5.69 Å². The second kappa shape index (κ2) is 7.31. The minimum atomic E-state index is -0.809. The second-order valence-electron chi connectivity index (χ2n) is 7.81. The fraction of sp³-hybridized carbons (Fsp3) is 0.450. The van der Waals surface area contributed by atoms with Crippen molar-refractivity contribution >= 4 is 29.5 Å². The van der Waals surface area contributed by atoms with Gasteiger partial charge in [-0.25, -0.2) is 4.79 Å². The van der Waals surface area contributed by atoms with Gasteiger partial charge >= 0.3 is 6.03 Å². The van der Waals surface area contributed by atoms with Crippen LogP contribution in [0.2, 0.25) is 0 Å². The van der Waals surface area contributed by atoms with E-state index in [1.54, 1.807) is 0 Å². The number of urea groups is 1. The van der Waals surface area contributed by atoms with Crippen molar-refractivity contribution in [1.82, 2.24) is 25.2 Å². The SMILES string of the molecule is Cc1ccccc1Nc1nc(N)nc(CN2C(=O)N[C@@]3(CCCC[C@H]3C)C2=O)n1. The maximum absolute atomic E-state index is 13.1. The lowest BCUT2D eigenvalue weighted by atomic mass is 9.73. The van der Waals surface area contributed by atoms with E-state index in [4.69, 9.17) is 5.73 Å². The summed E-state index contributed by atoms with van der Waals surface area (Å²) in [6.45, 7) is 3.94. The largest absolute Gasteiger partial charge is 0.368 e. The number of aryl methyl sites for hydroxylation is 1. The van der Waals surface area contributed by atoms with Crippen LogP contribution >= 0.6 is 0 Å². The number of rotatable bonds is 4. The number of para-hydroxylation sites is 1. The molecule has 2 heterocycles.